The standard InChI is InChI=1S/C20H14ClF3N6OS/c1-11-2-5-13(6-3-11)30-18-17(28-29-30)19(26-10-25-18)32-9-16(31)27-15-8-12(20(22,23)24)4-7-14(15)21/h2-8,10H,9H2,1H3,(H,27,31). The fraction of sp³-hybridized carbons (Fsp3) is 0.150. The van der Waals surface area contributed by atoms with Gasteiger partial charge in [-0.3, -0.25) is 4.79 Å². The quantitative estimate of drug-likeness (QED) is 0.323. The summed E-state index contributed by atoms with van der Waals surface area (Å²) >= 11 is 6.99. The Balaban J connectivity index is 1.50. The van der Waals surface area contributed by atoms with Gasteiger partial charge >= 0.3 is 6.18 Å². The number of hydrogen-bond acceptors (Lipinski definition) is 6. The summed E-state index contributed by atoms with van der Waals surface area (Å²) in [6.07, 6.45) is -3.21. The molecule has 0 aliphatic rings. The number of thioether (sulfide) groups is 1. The maximum atomic E-state index is 12.9. The van der Waals surface area contributed by atoms with Crippen LogP contribution in [0.1, 0.15) is 11.1 Å². The van der Waals surface area contributed by atoms with Crippen LogP contribution in [0.3, 0.4) is 0 Å². The Labute approximate surface area is 189 Å². The van der Waals surface area contributed by atoms with Gasteiger partial charge in [-0.25, -0.2) is 9.97 Å². The number of carbonyl (C=O) groups is 1. The predicted octanol–water partition coefficient (Wildman–Crippen LogP) is 4.92. The second kappa shape index (κ2) is 8.75. The molecule has 2 heterocycles. The van der Waals surface area contributed by atoms with E-state index in [4.69, 9.17) is 11.6 Å². The summed E-state index contributed by atoms with van der Waals surface area (Å²) < 4.78 is 40.3. The van der Waals surface area contributed by atoms with Crippen molar-refractivity contribution in [1.29, 1.82) is 0 Å². The monoisotopic (exact) mass is 478 g/mol. The van der Waals surface area contributed by atoms with Crippen LogP contribution in [0.5, 0.6) is 0 Å². The van der Waals surface area contributed by atoms with Crippen molar-refractivity contribution in [3.8, 4) is 5.69 Å². The van der Waals surface area contributed by atoms with Crippen LogP contribution in [0.2, 0.25) is 5.02 Å². The zero-order valence-corrected chi connectivity index (χ0v) is 18.0. The van der Waals surface area contributed by atoms with Crippen molar-refractivity contribution in [1.82, 2.24) is 25.0 Å². The predicted molar refractivity (Wildman–Crippen MR) is 115 cm³/mol. The van der Waals surface area contributed by atoms with Crippen molar-refractivity contribution in [3.05, 3.63) is 64.9 Å². The Morgan fingerprint density at radius 2 is 1.91 bits per heavy atom. The van der Waals surface area contributed by atoms with Crippen LogP contribution in [0, 0.1) is 6.92 Å². The van der Waals surface area contributed by atoms with Crippen molar-refractivity contribution < 1.29 is 18.0 Å². The maximum absolute atomic E-state index is 12.9. The molecule has 164 valence electrons. The average Bonchev–Trinajstić information content (AvgIpc) is 3.18. The number of fused-ring (bicyclic) bond motifs is 1. The number of halogens is 4. The third-order valence-corrected chi connectivity index (χ3v) is 5.70. The first-order valence-corrected chi connectivity index (χ1v) is 10.5. The van der Waals surface area contributed by atoms with Gasteiger partial charge in [-0.05, 0) is 37.3 Å². The lowest BCUT2D eigenvalue weighted by molar-refractivity contribution is -0.137. The van der Waals surface area contributed by atoms with E-state index in [-0.39, 0.29) is 16.5 Å². The van der Waals surface area contributed by atoms with Gasteiger partial charge in [-0.2, -0.15) is 17.9 Å². The van der Waals surface area contributed by atoms with Crippen molar-refractivity contribution >= 4 is 46.1 Å². The number of hydrogen-bond donors (Lipinski definition) is 1. The molecule has 32 heavy (non-hydrogen) atoms. The van der Waals surface area contributed by atoms with Gasteiger partial charge in [-0.1, -0.05) is 46.3 Å². The van der Waals surface area contributed by atoms with Gasteiger partial charge in [0.05, 0.1) is 27.7 Å². The second-order valence-corrected chi connectivity index (χ2v) is 8.09. The Hall–Kier alpha value is -3.18. The van der Waals surface area contributed by atoms with Gasteiger partial charge in [0.1, 0.15) is 11.4 Å². The molecule has 0 aliphatic carbocycles. The summed E-state index contributed by atoms with van der Waals surface area (Å²) in [6, 6.07) is 10.4. The summed E-state index contributed by atoms with van der Waals surface area (Å²) in [5.41, 5.74) is 1.71. The van der Waals surface area contributed by atoms with Crippen LogP contribution >= 0.6 is 23.4 Å². The number of nitrogens with one attached hydrogen (secondary N) is 1. The molecule has 0 atom stereocenters. The van der Waals surface area contributed by atoms with Gasteiger partial charge in [0.2, 0.25) is 5.91 Å². The van der Waals surface area contributed by atoms with E-state index in [0.717, 1.165) is 41.2 Å². The topological polar surface area (TPSA) is 85.6 Å². The molecule has 1 N–H and O–H groups in total. The molecule has 4 rings (SSSR count). The van der Waals surface area contributed by atoms with Crippen LogP contribution in [0.25, 0.3) is 16.9 Å². The highest BCUT2D eigenvalue weighted by molar-refractivity contribution is 8.00. The minimum absolute atomic E-state index is 0.00168. The molecule has 0 fully saturated rings. The number of amides is 1. The number of alkyl halides is 3. The molecule has 7 nitrogen and oxygen atoms in total. The largest absolute Gasteiger partial charge is 0.416 e. The first-order chi connectivity index (χ1) is 15.2. The van der Waals surface area contributed by atoms with E-state index >= 15 is 0 Å². The van der Waals surface area contributed by atoms with E-state index in [1.165, 1.54) is 6.33 Å². The van der Waals surface area contributed by atoms with E-state index in [1.54, 1.807) is 4.68 Å². The van der Waals surface area contributed by atoms with Crippen molar-refractivity contribution in [2.75, 3.05) is 11.1 Å². The normalized spacial score (nSPS) is 11.7. The summed E-state index contributed by atoms with van der Waals surface area (Å²) in [6.45, 7) is 1.97. The molecular weight excluding hydrogens is 465 g/mol. The van der Waals surface area contributed by atoms with Gasteiger partial charge in [0.15, 0.2) is 11.2 Å². The van der Waals surface area contributed by atoms with Crippen LogP contribution in [0.15, 0.2) is 53.8 Å². The number of nitrogens with zero attached hydrogens (tertiary/aromatic N) is 5. The van der Waals surface area contributed by atoms with Gasteiger partial charge in [0.25, 0.3) is 0 Å². The highest BCUT2D eigenvalue weighted by Crippen LogP contribution is 2.34. The highest BCUT2D eigenvalue weighted by Gasteiger charge is 2.31. The van der Waals surface area contributed by atoms with Crippen molar-refractivity contribution in [2.24, 2.45) is 0 Å². The van der Waals surface area contributed by atoms with Crippen molar-refractivity contribution in [2.45, 2.75) is 18.1 Å². The van der Waals surface area contributed by atoms with E-state index in [9.17, 15) is 18.0 Å². The Morgan fingerprint density at radius 3 is 2.62 bits per heavy atom. The molecule has 0 bridgehead atoms. The highest BCUT2D eigenvalue weighted by atomic mass is 35.5. The molecule has 0 radical (unpaired) electrons. The molecule has 2 aromatic heterocycles. The fourth-order valence-electron chi connectivity index (χ4n) is 2.81. The number of anilines is 1. The molecular formula is C20H14ClF3N6OS. The smallest absolute Gasteiger partial charge is 0.324 e. The Morgan fingerprint density at radius 1 is 1.16 bits per heavy atom. The molecule has 2 aromatic carbocycles. The van der Waals surface area contributed by atoms with E-state index in [1.807, 2.05) is 31.2 Å². The van der Waals surface area contributed by atoms with Crippen molar-refractivity contribution in [3.63, 3.8) is 0 Å². The first-order valence-electron chi connectivity index (χ1n) is 9.15. The van der Waals surface area contributed by atoms with Gasteiger partial charge in [-0.15, -0.1) is 5.10 Å². The average molecular weight is 479 g/mol. The first kappa shape index (κ1) is 22.0. The third-order valence-electron chi connectivity index (χ3n) is 4.39. The summed E-state index contributed by atoms with van der Waals surface area (Å²) in [7, 11) is 0. The number of benzene rings is 2. The zero-order valence-electron chi connectivity index (χ0n) is 16.4. The molecule has 0 unspecified atom stereocenters. The zero-order chi connectivity index (χ0) is 22.9. The summed E-state index contributed by atoms with van der Waals surface area (Å²) in [5.74, 6) is -0.676. The molecule has 0 spiro atoms. The minimum Gasteiger partial charge on any atom is -0.324 e. The summed E-state index contributed by atoms with van der Waals surface area (Å²) in [4.78, 5) is 20.7. The molecule has 0 saturated heterocycles. The Kier molecular flexibility index (Phi) is 6.02. The Bertz CT molecular complexity index is 1290. The number of aryl methyl sites for hydroxylation is 1. The van der Waals surface area contributed by atoms with Gasteiger partial charge < -0.3 is 5.32 Å². The van der Waals surface area contributed by atoms with Crippen LogP contribution in [0.4, 0.5) is 18.9 Å². The minimum atomic E-state index is -4.55. The number of rotatable bonds is 5. The van der Waals surface area contributed by atoms with E-state index in [0.29, 0.717) is 16.2 Å². The summed E-state index contributed by atoms with van der Waals surface area (Å²) in [5, 5.41) is 11.1. The fourth-order valence-corrected chi connectivity index (χ4v) is 3.71. The molecule has 0 aliphatic heterocycles. The van der Waals surface area contributed by atoms with Crippen LogP contribution in [-0.2, 0) is 11.0 Å². The van der Waals surface area contributed by atoms with Crippen LogP contribution in [-0.4, -0.2) is 36.6 Å². The molecule has 1 amide bonds. The van der Waals surface area contributed by atoms with Crippen LogP contribution < -0.4 is 5.32 Å². The second-order valence-electron chi connectivity index (χ2n) is 6.72. The molecule has 0 saturated carbocycles. The SMILES string of the molecule is Cc1ccc(-n2nnc3c(SCC(=O)Nc4cc(C(F)(F)F)ccc4Cl)ncnc32)cc1. The lowest BCUT2D eigenvalue weighted by Gasteiger charge is -2.11. The molecule has 4 aromatic rings. The number of carbonyl (C=O) groups excluding carboxylic acids is 1. The van der Waals surface area contributed by atoms with E-state index < -0.39 is 17.6 Å². The number of aromatic nitrogens is 5. The third kappa shape index (κ3) is 4.68. The van der Waals surface area contributed by atoms with Gasteiger partial charge in [0, 0.05) is 0 Å². The lowest BCUT2D eigenvalue weighted by atomic mass is 10.2. The maximum Gasteiger partial charge on any atom is 0.416 e. The molecule has 12 heteroatoms. The van der Waals surface area contributed by atoms with E-state index in [2.05, 4.69) is 25.6 Å². The lowest BCUT2D eigenvalue weighted by Crippen LogP contribution is -2.15.